The third kappa shape index (κ3) is 5.95. The van der Waals surface area contributed by atoms with Crippen LogP contribution in [0.2, 0.25) is 0 Å². The molecule has 11 heteroatoms. The van der Waals surface area contributed by atoms with Crippen molar-refractivity contribution in [2.75, 3.05) is 11.9 Å². The molecule has 1 aliphatic heterocycles. The number of anilines is 1. The number of thiophene rings is 1. The molecule has 0 radical (unpaired) electrons. The topological polar surface area (TPSA) is 101 Å². The van der Waals surface area contributed by atoms with Crippen molar-refractivity contribution in [2.45, 2.75) is 85.0 Å². The molecule has 42 heavy (non-hydrogen) atoms. The van der Waals surface area contributed by atoms with Crippen molar-refractivity contribution in [3.8, 4) is 16.3 Å². The van der Waals surface area contributed by atoms with Gasteiger partial charge in [0.1, 0.15) is 15.6 Å². The van der Waals surface area contributed by atoms with Crippen molar-refractivity contribution in [3.63, 3.8) is 0 Å². The molecular weight excluding hydrogens is 569 g/mol. The Bertz CT molecular complexity index is 1640. The van der Waals surface area contributed by atoms with Gasteiger partial charge in [-0.15, -0.1) is 22.7 Å². The van der Waals surface area contributed by atoms with Gasteiger partial charge in [-0.25, -0.2) is 14.8 Å². The van der Waals surface area contributed by atoms with E-state index in [1.165, 1.54) is 0 Å². The van der Waals surface area contributed by atoms with Crippen LogP contribution in [-0.4, -0.2) is 55.7 Å². The molecule has 3 aromatic heterocycles. The lowest BCUT2D eigenvalue weighted by Gasteiger charge is -2.36. The molecule has 0 saturated heterocycles. The van der Waals surface area contributed by atoms with E-state index in [1.54, 1.807) is 27.6 Å². The fraction of sp³-hybridized carbons (Fsp3) is 0.484. The first-order valence-corrected chi connectivity index (χ1v) is 16.2. The maximum atomic E-state index is 13.4. The molecule has 4 aromatic rings. The van der Waals surface area contributed by atoms with Crippen molar-refractivity contribution in [2.24, 2.45) is 5.92 Å². The number of benzene rings is 1. The normalized spacial score (nSPS) is 18.7. The molecule has 4 heterocycles. The Labute approximate surface area is 254 Å². The number of amides is 2. The number of hydrogen-bond donors (Lipinski definition) is 2. The number of imidazole rings is 1. The van der Waals surface area contributed by atoms with Crippen LogP contribution in [-0.2, 0) is 22.5 Å². The monoisotopic (exact) mass is 606 g/mol. The molecule has 0 bridgehead atoms. The Hall–Kier alpha value is -3.28. The third-order valence-corrected chi connectivity index (χ3v) is 9.79. The molecule has 1 fully saturated rings. The quantitative estimate of drug-likeness (QED) is 0.259. The average Bonchev–Trinajstić information content (AvgIpc) is 3.59. The molecule has 2 aliphatic rings. The van der Waals surface area contributed by atoms with E-state index in [0.29, 0.717) is 31.6 Å². The summed E-state index contributed by atoms with van der Waals surface area (Å²) >= 11 is 3.19. The molecule has 1 saturated carbocycles. The van der Waals surface area contributed by atoms with Gasteiger partial charge in [-0.1, -0.05) is 13.8 Å². The van der Waals surface area contributed by atoms with E-state index in [2.05, 4.69) is 41.6 Å². The second-order valence-electron chi connectivity index (χ2n) is 12.6. The van der Waals surface area contributed by atoms with Gasteiger partial charge in [0.15, 0.2) is 0 Å². The number of hydrogen-bond acceptors (Lipinski definition) is 8. The molecule has 0 unspecified atom stereocenters. The average molecular weight is 607 g/mol. The van der Waals surface area contributed by atoms with E-state index in [4.69, 9.17) is 9.72 Å². The predicted octanol–water partition coefficient (Wildman–Crippen LogP) is 6.53. The molecule has 6 rings (SSSR count). The Morgan fingerprint density at radius 2 is 1.95 bits per heavy atom. The number of carbonyl (C=O) groups excluding carboxylic acids is 2. The summed E-state index contributed by atoms with van der Waals surface area (Å²) in [5, 5.41) is 8.51. The molecule has 0 atom stereocenters. The van der Waals surface area contributed by atoms with Gasteiger partial charge in [0.25, 0.3) is 0 Å². The van der Waals surface area contributed by atoms with Crippen molar-refractivity contribution in [1.82, 2.24) is 24.8 Å². The fourth-order valence-electron chi connectivity index (χ4n) is 5.60. The zero-order chi connectivity index (χ0) is 29.8. The first kappa shape index (κ1) is 28.8. The Balaban J connectivity index is 1.32. The number of carbonyl (C=O) groups is 2. The van der Waals surface area contributed by atoms with Crippen molar-refractivity contribution in [1.29, 1.82) is 0 Å². The summed E-state index contributed by atoms with van der Waals surface area (Å²) in [5.41, 5.74) is 4.50. The highest BCUT2D eigenvalue weighted by molar-refractivity contribution is 7.23. The molecular formula is C31H38N6O3S2. The van der Waals surface area contributed by atoms with Gasteiger partial charge in [-0.2, -0.15) is 0 Å². The van der Waals surface area contributed by atoms with Crippen LogP contribution in [0.15, 0.2) is 30.7 Å². The highest BCUT2D eigenvalue weighted by Crippen LogP contribution is 2.46. The molecule has 2 amide bonds. The molecule has 0 spiro atoms. The highest BCUT2D eigenvalue weighted by Gasteiger charge is 2.36. The summed E-state index contributed by atoms with van der Waals surface area (Å²) in [4.78, 5) is 38.5. The number of ether oxygens (including phenoxy) is 1. The van der Waals surface area contributed by atoms with E-state index in [-0.39, 0.29) is 17.9 Å². The maximum absolute atomic E-state index is 13.4. The lowest BCUT2D eigenvalue weighted by molar-refractivity contribution is -0.123. The standard InChI is InChI=1S/C31H38N6O3S2/c1-17(2)33-20-11-19(12-20)27(38)35-29-26(22-9-10-36(15-25(22)42-29)30(39)40-31(4,5)6)28-34-23-8-7-21(13-24(23)41-28)37-14-18(3)32-16-37/h7-8,13-14,16-17,19-20,33H,9-12,15H2,1-6H3,(H,35,38). The van der Waals surface area contributed by atoms with Crippen LogP contribution in [0.1, 0.15) is 63.6 Å². The van der Waals surface area contributed by atoms with Crippen molar-refractivity contribution >= 4 is 49.9 Å². The third-order valence-electron chi connectivity index (χ3n) is 7.62. The van der Waals surface area contributed by atoms with Crippen LogP contribution in [0.5, 0.6) is 0 Å². The zero-order valence-electron chi connectivity index (χ0n) is 25.0. The molecule has 222 valence electrons. The maximum Gasteiger partial charge on any atom is 0.410 e. The van der Waals surface area contributed by atoms with Crippen LogP contribution in [0.25, 0.3) is 26.5 Å². The first-order valence-electron chi connectivity index (χ1n) is 14.5. The minimum absolute atomic E-state index is 0.0111. The van der Waals surface area contributed by atoms with E-state index in [9.17, 15) is 9.59 Å². The van der Waals surface area contributed by atoms with Crippen molar-refractivity contribution < 1.29 is 14.3 Å². The smallest absolute Gasteiger partial charge is 0.410 e. The summed E-state index contributed by atoms with van der Waals surface area (Å²) in [6.07, 6.45) is 5.87. The van der Waals surface area contributed by atoms with Crippen molar-refractivity contribution in [3.05, 3.63) is 46.9 Å². The van der Waals surface area contributed by atoms with Gasteiger partial charge in [-0.3, -0.25) is 4.79 Å². The van der Waals surface area contributed by atoms with Crippen LogP contribution < -0.4 is 10.6 Å². The lowest BCUT2D eigenvalue weighted by Crippen LogP contribution is -2.48. The van der Waals surface area contributed by atoms with E-state index in [1.807, 2.05) is 50.9 Å². The van der Waals surface area contributed by atoms with Gasteiger partial charge < -0.3 is 24.8 Å². The summed E-state index contributed by atoms with van der Waals surface area (Å²) in [5.74, 6) is 0.0441. The molecule has 1 aromatic carbocycles. The first-order chi connectivity index (χ1) is 19.9. The van der Waals surface area contributed by atoms with Gasteiger partial charge in [0, 0.05) is 46.9 Å². The predicted molar refractivity (Wildman–Crippen MR) is 169 cm³/mol. The van der Waals surface area contributed by atoms with E-state index >= 15 is 0 Å². The zero-order valence-corrected chi connectivity index (χ0v) is 26.6. The molecule has 1 aliphatic carbocycles. The summed E-state index contributed by atoms with van der Waals surface area (Å²) in [6.45, 7) is 12.9. The molecule has 9 nitrogen and oxygen atoms in total. The Kier molecular flexibility index (Phi) is 7.61. The second kappa shape index (κ2) is 11.1. The van der Waals surface area contributed by atoms with Crippen LogP contribution in [0, 0.1) is 12.8 Å². The lowest BCUT2D eigenvalue weighted by atomic mass is 9.79. The van der Waals surface area contributed by atoms with E-state index < -0.39 is 5.60 Å². The number of thiazole rings is 1. The van der Waals surface area contributed by atoms with E-state index in [0.717, 1.165) is 60.5 Å². The number of nitrogens with one attached hydrogen (secondary N) is 2. The Morgan fingerprint density at radius 3 is 2.64 bits per heavy atom. The fourth-order valence-corrected chi connectivity index (χ4v) is 8.01. The number of aromatic nitrogens is 3. The number of nitrogens with zero attached hydrogens (tertiary/aromatic N) is 4. The highest BCUT2D eigenvalue weighted by atomic mass is 32.1. The minimum Gasteiger partial charge on any atom is -0.444 e. The SMILES string of the molecule is Cc1cn(-c2ccc3nc(-c4c(NC(=O)C5CC(NC(C)C)C5)sc5c4CCN(C(=O)OC(C)(C)C)C5)sc3c2)cn1. The van der Waals surface area contributed by atoms with Gasteiger partial charge in [-0.05, 0) is 70.7 Å². The number of rotatable bonds is 6. The summed E-state index contributed by atoms with van der Waals surface area (Å²) in [6, 6.07) is 7.01. The number of aryl methyl sites for hydroxylation is 1. The van der Waals surface area contributed by atoms with Gasteiger partial charge in [0.05, 0.1) is 28.8 Å². The van der Waals surface area contributed by atoms with Crippen LogP contribution in [0.3, 0.4) is 0 Å². The Morgan fingerprint density at radius 1 is 1.17 bits per heavy atom. The summed E-state index contributed by atoms with van der Waals surface area (Å²) in [7, 11) is 0. The van der Waals surface area contributed by atoms with Gasteiger partial charge >= 0.3 is 6.09 Å². The van der Waals surface area contributed by atoms with Gasteiger partial charge in [0.2, 0.25) is 5.91 Å². The molecule has 2 N–H and O–H groups in total. The van der Waals surface area contributed by atoms with Crippen LogP contribution >= 0.6 is 22.7 Å². The van der Waals surface area contributed by atoms with Crippen LogP contribution in [0.4, 0.5) is 9.80 Å². The largest absolute Gasteiger partial charge is 0.444 e. The number of fused-ring (bicyclic) bond motifs is 2. The minimum atomic E-state index is -0.558. The summed E-state index contributed by atoms with van der Waals surface area (Å²) < 4.78 is 8.74. The second-order valence-corrected chi connectivity index (χ2v) is 14.8.